The van der Waals surface area contributed by atoms with Crippen molar-refractivity contribution in [3.8, 4) is 0 Å². The molecular formula is C17H28IN3O. The number of nitrogens with one attached hydrogen (secondary N) is 2. The molecule has 1 heterocycles. The Kier molecular flexibility index (Phi) is 9.27. The lowest BCUT2D eigenvalue weighted by atomic mass is 9.86. The van der Waals surface area contributed by atoms with Gasteiger partial charge in [-0.3, -0.25) is 4.99 Å². The summed E-state index contributed by atoms with van der Waals surface area (Å²) in [4.78, 5) is 4.65. The average molecular weight is 417 g/mol. The van der Waals surface area contributed by atoms with Gasteiger partial charge in [0, 0.05) is 25.6 Å². The van der Waals surface area contributed by atoms with Crippen LogP contribution >= 0.6 is 24.0 Å². The number of hydrogen-bond donors (Lipinski definition) is 2. The Labute approximate surface area is 150 Å². The van der Waals surface area contributed by atoms with Crippen molar-refractivity contribution < 1.29 is 4.42 Å². The van der Waals surface area contributed by atoms with E-state index in [4.69, 9.17) is 4.42 Å². The minimum Gasteiger partial charge on any atom is -0.469 e. The molecule has 2 rings (SSSR count). The molecule has 1 fully saturated rings. The van der Waals surface area contributed by atoms with Gasteiger partial charge in [0.05, 0.1) is 6.26 Å². The molecule has 0 aliphatic heterocycles. The molecule has 1 aliphatic carbocycles. The second-order valence-corrected chi connectivity index (χ2v) is 5.74. The van der Waals surface area contributed by atoms with Gasteiger partial charge in [0.25, 0.3) is 0 Å². The van der Waals surface area contributed by atoms with Crippen LogP contribution < -0.4 is 10.6 Å². The van der Waals surface area contributed by atoms with Crippen molar-refractivity contribution in [2.24, 2.45) is 10.9 Å². The van der Waals surface area contributed by atoms with E-state index in [1.807, 2.05) is 18.2 Å². The van der Waals surface area contributed by atoms with Crippen LogP contribution in [0.1, 0.15) is 38.4 Å². The first-order valence-corrected chi connectivity index (χ1v) is 7.97. The fourth-order valence-electron chi connectivity index (χ4n) is 2.76. The fourth-order valence-corrected chi connectivity index (χ4v) is 2.76. The van der Waals surface area contributed by atoms with Crippen LogP contribution in [0.4, 0.5) is 0 Å². The molecule has 2 N–H and O–H groups in total. The average Bonchev–Trinajstić information content (AvgIpc) is 3.00. The third-order valence-electron chi connectivity index (χ3n) is 4.06. The SMILES string of the molecule is C=CCNC(=NCCc1ccco1)NC1CCCCC1C.I. The molecule has 1 saturated carbocycles. The highest BCUT2D eigenvalue weighted by Gasteiger charge is 2.21. The third kappa shape index (κ3) is 6.42. The molecule has 0 radical (unpaired) electrons. The number of hydrogen-bond acceptors (Lipinski definition) is 2. The topological polar surface area (TPSA) is 49.6 Å². The van der Waals surface area contributed by atoms with Crippen LogP contribution in [0.15, 0.2) is 40.5 Å². The van der Waals surface area contributed by atoms with Crippen LogP contribution in [0.5, 0.6) is 0 Å². The Balaban J connectivity index is 0.00000242. The second-order valence-electron chi connectivity index (χ2n) is 5.74. The van der Waals surface area contributed by atoms with E-state index in [0.717, 1.165) is 31.2 Å². The van der Waals surface area contributed by atoms with E-state index < -0.39 is 0 Å². The number of nitrogens with zero attached hydrogens (tertiary/aromatic N) is 1. The highest BCUT2D eigenvalue weighted by molar-refractivity contribution is 14.0. The van der Waals surface area contributed by atoms with Crippen molar-refractivity contribution in [3.05, 3.63) is 36.8 Å². The van der Waals surface area contributed by atoms with Gasteiger partial charge in [-0.2, -0.15) is 0 Å². The van der Waals surface area contributed by atoms with Crippen molar-refractivity contribution >= 4 is 29.9 Å². The lowest BCUT2D eigenvalue weighted by Gasteiger charge is -2.30. The smallest absolute Gasteiger partial charge is 0.191 e. The molecule has 1 aromatic rings. The number of halogens is 1. The zero-order chi connectivity index (χ0) is 14.9. The van der Waals surface area contributed by atoms with Crippen molar-refractivity contribution in [1.82, 2.24) is 10.6 Å². The van der Waals surface area contributed by atoms with Gasteiger partial charge >= 0.3 is 0 Å². The first kappa shape index (κ1) is 19.1. The Morgan fingerprint density at radius 2 is 2.27 bits per heavy atom. The first-order valence-electron chi connectivity index (χ1n) is 7.97. The van der Waals surface area contributed by atoms with E-state index in [1.165, 1.54) is 25.7 Å². The number of guanidine groups is 1. The Morgan fingerprint density at radius 3 is 2.95 bits per heavy atom. The lowest BCUT2D eigenvalue weighted by Crippen LogP contribution is -2.47. The molecule has 0 bridgehead atoms. The molecule has 0 aromatic carbocycles. The Bertz CT molecular complexity index is 445. The molecule has 124 valence electrons. The summed E-state index contributed by atoms with van der Waals surface area (Å²) in [7, 11) is 0. The summed E-state index contributed by atoms with van der Waals surface area (Å²) < 4.78 is 5.34. The van der Waals surface area contributed by atoms with Crippen LogP contribution in [0, 0.1) is 5.92 Å². The molecule has 1 aliphatic rings. The standard InChI is InChI=1S/C17H27N3O.HI/c1-3-11-18-17(19-12-10-15-8-6-13-21-15)20-16-9-5-4-7-14(16)2;/h3,6,8,13-14,16H,1,4-5,7,9-12H2,2H3,(H2,18,19,20);1H. The summed E-state index contributed by atoms with van der Waals surface area (Å²) in [5.41, 5.74) is 0. The van der Waals surface area contributed by atoms with E-state index in [0.29, 0.717) is 12.0 Å². The molecule has 0 saturated heterocycles. The van der Waals surface area contributed by atoms with Crippen LogP contribution in [0.2, 0.25) is 0 Å². The van der Waals surface area contributed by atoms with Gasteiger partial charge in [-0.25, -0.2) is 0 Å². The van der Waals surface area contributed by atoms with Crippen molar-refractivity contribution in [2.45, 2.75) is 45.1 Å². The summed E-state index contributed by atoms with van der Waals surface area (Å²) >= 11 is 0. The summed E-state index contributed by atoms with van der Waals surface area (Å²) in [6, 6.07) is 4.43. The van der Waals surface area contributed by atoms with Gasteiger partial charge in [0.1, 0.15) is 5.76 Å². The maximum absolute atomic E-state index is 5.34. The van der Waals surface area contributed by atoms with Crippen LogP contribution in [-0.2, 0) is 6.42 Å². The molecule has 22 heavy (non-hydrogen) atoms. The normalized spacial score (nSPS) is 21.8. The molecule has 2 unspecified atom stereocenters. The molecule has 0 amide bonds. The molecule has 1 aromatic heterocycles. The van der Waals surface area contributed by atoms with Gasteiger partial charge in [-0.05, 0) is 30.9 Å². The maximum atomic E-state index is 5.34. The monoisotopic (exact) mass is 417 g/mol. The summed E-state index contributed by atoms with van der Waals surface area (Å²) in [5, 5.41) is 6.89. The van der Waals surface area contributed by atoms with E-state index in [2.05, 4.69) is 29.1 Å². The molecular weight excluding hydrogens is 389 g/mol. The zero-order valence-corrected chi connectivity index (χ0v) is 15.7. The molecule has 5 heteroatoms. The minimum absolute atomic E-state index is 0. The number of rotatable bonds is 6. The summed E-state index contributed by atoms with van der Waals surface area (Å²) in [5.74, 6) is 2.58. The van der Waals surface area contributed by atoms with Crippen LogP contribution in [0.3, 0.4) is 0 Å². The summed E-state index contributed by atoms with van der Waals surface area (Å²) in [6.45, 7) is 7.53. The van der Waals surface area contributed by atoms with E-state index in [1.54, 1.807) is 6.26 Å². The van der Waals surface area contributed by atoms with Gasteiger partial charge in [-0.1, -0.05) is 25.8 Å². The quantitative estimate of drug-likeness (QED) is 0.321. The zero-order valence-electron chi connectivity index (χ0n) is 13.4. The van der Waals surface area contributed by atoms with Crippen molar-refractivity contribution in [2.75, 3.05) is 13.1 Å². The number of furan rings is 1. The Hall–Kier alpha value is -0.980. The molecule has 4 nitrogen and oxygen atoms in total. The minimum atomic E-state index is 0. The second kappa shape index (κ2) is 10.7. The van der Waals surface area contributed by atoms with E-state index >= 15 is 0 Å². The largest absolute Gasteiger partial charge is 0.469 e. The van der Waals surface area contributed by atoms with Crippen LogP contribution in [-0.4, -0.2) is 25.1 Å². The fraction of sp³-hybridized carbons (Fsp3) is 0.588. The Morgan fingerprint density at radius 1 is 1.45 bits per heavy atom. The highest BCUT2D eigenvalue weighted by atomic mass is 127. The van der Waals surface area contributed by atoms with E-state index in [9.17, 15) is 0 Å². The number of aliphatic imine (C=N–C) groups is 1. The van der Waals surface area contributed by atoms with Gasteiger partial charge < -0.3 is 15.1 Å². The maximum Gasteiger partial charge on any atom is 0.191 e. The third-order valence-corrected chi connectivity index (χ3v) is 4.06. The van der Waals surface area contributed by atoms with Gasteiger partial charge in [0.15, 0.2) is 5.96 Å². The lowest BCUT2D eigenvalue weighted by molar-refractivity contribution is 0.307. The predicted molar refractivity (Wildman–Crippen MR) is 103 cm³/mol. The van der Waals surface area contributed by atoms with Gasteiger partial charge in [-0.15, -0.1) is 30.6 Å². The van der Waals surface area contributed by atoms with E-state index in [-0.39, 0.29) is 24.0 Å². The molecule has 2 atom stereocenters. The highest BCUT2D eigenvalue weighted by Crippen LogP contribution is 2.23. The first-order chi connectivity index (χ1) is 10.3. The van der Waals surface area contributed by atoms with Crippen molar-refractivity contribution in [1.29, 1.82) is 0 Å². The summed E-state index contributed by atoms with van der Waals surface area (Å²) in [6.07, 6.45) is 9.58. The van der Waals surface area contributed by atoms with Crippen LogP contribution in [0.25, 0.3) is 0 Å². The van der Waals surface area contributed by atoms with Gasteiger partial charge in [0.2, 0.25) is 0 Å². The molecule has 0 spiro atoms. The predicted octanol–water partition coefficient (Wildman–Crippen LogP) is 3.74. The van der Waals surface area contributed by atoms with Crippen molar-refractivity contribution in [3.63, 3.8) is 0 Å².